The molecule has 0 aliphatic carbocycles. The van der Waals surface area contributed by atoms with Crippen LogP contribution in [0.1, 0.15) is 5.76 Å². The molecule has 4 N–H and O–H groups in total. The Morgan fingerprint density at radius 2 is 2.05 bits per heavy atom. The number of fused-ring (bicyclic) bond motifs is 1. The van der Waals surface area contributed by atoms with Crippen molar-refractivity contribution in [2.75, 3.05) is 5.32 Å². The fourth-order valence-electron chi connectivity index (χ4n) is 1.96. The van der Waals surface area contributed by atoms with E-state index in [1.54, 1.807) is 6.07 Å². The number of sulfonamides is 1. The Bertz CT molecular complexity index is 849. The number of H-pyrrole nitrogens is 1. The first-order chi connectivity index (χ1) is 9.52. The Kier molecular flexibility index (Phi) is 3.00. The van der Waals surface area contributed by atoms with Crippen LogP contribution in [0.15, 0.2) is 52.1 Å². The maximum Gasteiger partial charge on any atom is 0.271 e. The Morgan fingerprint density at radius 3 is 2.80 bits per heavy atom. The second-order valence-electron chi connectivity index (χ2n) is 4.40. The fourth-order valence-corrected chi connectivity index (χ4v) is 2.44. The Morgan fingerprint density at radius 1 is 1.20 bits per heavy atom. The highest BCUT2D eigenvalue weighted by molar-refractivity contribution is 7.89. The molecular weight excluding hydrogens is 278 g/mol. The van der Waals surface area contributed by atoms with Gasteiger partial charge in [0.1, 0.15) is 5.76 Å². The highest BCUT2D eigenvalue weighted by Gasteiger charge is 2.12. The van der Waals surface area contributed by atoms with Crippen molar-refractivity contribution in [1.82, 2.24) is 4.98 Å². The molecule has 0 aliphatic heterocycles. The van der Waals surface area contributed by atoms with Crippen LogP contribution in [-0.4, -0.2) is 13.4 Å². The van der Waals surface area contributed by atoms with Crippen molar-refractivity contribution in [3.05, 3.63) is 48.4 Å². The highest BCUT2D eigenvalue weighted by Crippen LogP contribution is 2.19. The number of anilines is 1. The fraction of sp³-hybridized carbons (Fsp3) is 0.0769. The molecule has 0 amide bonds. The lowest BCUT2D eigenvalue weighted by Crippen LogP contribution is -2.10. The quantitative estimate of drug-likeness (QED) is 0.684. The van der Waals surface area contributed by atoms with Gasteiger partial charge in [0.25, 0.3) is 10.0 Å². The van der Waals surface area contributed by atoms with Gasteiger partial charge in [0.2, 0.25) is 5.09 Å². The van der Waals surface area contributed by atoms with E-state index in [1.807, 2.05) is 30.5 Å². The minimum absolute atomic E-state index is 0.226. The number of hydrogen-bond acceptors (Lipinski definition) is 4. The van der Waals surface area contributed by atoms with Gasteiger partial charge in [-0.05, 0) is 36.4 Å². The zero-order valence-corrected chi connectivity index (χ0v) is 11.3. The monoisotopic (exact) mass is 291 g/mol. The van der Waals surface area contributed by atoms with Gasteiger partial charge in [-0.15, -0.1) is 0 Å². The molecule has 7 heteroatoms. The van der Waals surface area contributed by atoms with Gasteiger partial charge in [-0.2, -0.15) is 0 Å². The van der Waals surface area contributed by atoms with Gasteiger partial charge in [0.05, 0.1) is 6.54 Å². The molecule has 0 atom stereocenters. The molecule has 20 heavy (non-hydrogen) atoms. The summed E-state index contributed by atoms with van der Waals surface area (Å²) in [4.78, 5) is 3.11. The molecule has 0 aliphatic rings. The van der Waals surface area contributed by atoms with E-state index >= 15 is 0 Å². The van der Waals surface area contributed by atoms with Crippen molar-refractivity contribution in [2.45, 2.75) is 11.6 Å². The number of hydrogen-bond donors (Lipinski definition) is 3. The van der Waals surface area contributed by atoms with Crippen LogP contribution in [0, 0.1) is 0 Å². The van der Waals surface area contributed by atoms with Gasteiger partial charge in [0.15, 0.2) is 0 Å². The summed E-state index contributed by atoms with van der Waals surface area (Å²) in [6.45, 7) is 0.380. The number of nitrogens with one attached hydrogen (secondary N) is 2. The molecule has 6 nitrogen and oxygen atoms in total. The van der Waals surface area contributed by atoms with Crippen LogP contribution in [0.25, 0.3) is 10.9 Å². The van der Waals surface area contributed by atoms with Gasteiger partial charge in [-0.25, -0.2) is 13.6 Å². The Hall–Kier alpha value is -2.25. The number of benzene rings is 1. The third kappa shape index (κ3) is 2.54. The zero-order chi connectivity index (χ0) is 14.2. The standard InChI is InChI=1S/C13H13N3O3S/c14-20(17,18)13-4-2-11(19-13)8-16-10-1-3-12-9(7-10)5-6-15-12/h1-7,15-16H,8H2,(H2,14,17,18). The molecule has 0 fully saturated rings. The van der Waals surface area contributed by atoms with Gasteiger partial charge < -0.3 is 14.7 Å². The summed E-state index contributed by atoms with van der Waals surface area (Å²) in [5, 5.41) is 9.02. The van der Waals surface area contributed by atoms with Crippen LogP contribution in [0.3, 0.4) is 0 Å². The maximum atomic E-state index is 11.1. The number of furan rings is 1. The number of rotatable bonds is 4. The van der Waals surface area contributed by atoms with Crippen LogP contribution in [0.2, 0.25) is 0 Å². The topological polar surface area (TPSA) is 101 Å². The normalized spacial score (nSPS) is 11.8. The first kappa shape index (κ1) is 12.8. The van der Waals surface area contributed by atoms with Crippen molar-refractivity contribution in [3.8, 4) is 0 Å². The van der Waals surface area contributed by atoms with Crippen LogP contribution >= 0.6 is 0 Å². The lowest BCUT2D eigenvalue weighted by molar-refractivity contribution is 0.419. The lowest BCUT2D eigenvalue weighted by atomic mass is 10.2. The summed E-state index contributed by atoms with van der Waals surface area (Å²) >= 11 is 0. The molecule has 3 aromatic rings. The van der Waals surface area contributed by atoms with Gasteiger partial charge >= 0.3 is 0 Å². The molecule has 104 valence electrons. The number of primary sulfonamides is 1. The smallest absolute Gasteiger partial charge is 0.271 e. The molecular formula is C13H13N3O3S. The zero-order valence-electron chi connectivity index (χ0n) is 10.5. The third-order valence-corrected chi connectivity index (χ3v) is 3.72. The van der Waals surface area contributed by atoms with E-state index in [4.69, 9.17) is 9.56 Å². The number of aromatic nitrogens is 1. The molecule has 0 spiro atoms. The Labute approximate surface area is 115 Å². The van der Waals surface area contributed by atoms with Crippen molar-refractivity contribution >= 4 is 26.6 Å². The van der Waals surface area contributed by atoms with E-state index in [0.29, 0.717) is 12.3 Å². The maximum absolute atomic E-state index is 11.1. The van der Waals surface area contributed by atoms with E-state index in [0.717, 1.165) is 16.6 Å². The molecule has 0 radical (unpaired) electrons. The van der Waals surface area contributed by atoms with E-state index < -0.39 is 10.0 Å². The van der Waals surface area contributed by atoms with Crippen LogP contribution in [-0.2, 0) is 16.6 Å². The van der Waals surface area contributed by atoms with E-state index in [2.05, 4.69) is 10.3 Å². The molecule has 0 saturated carbocycles. The number of aromatic amines is 1. The van der Waals surface area contributed by atoms with Crippen molar-refractivity contribution in [1.29, 1.82) is 0 Å². The Balaban J connectivity index is 1.74. The third-order valence-electron chi connectivity index (χ3n) is 2.94. The SMILES string of the molecule is NS(=O)(=O)c1ccc(CNc2ccc3[nH]ccc3c2)o1. The van der Waals surface area contributed by atoms with Crippen molar-refractivity contribution < 1.29 is 12.8 Å². The summed E-state index contributed by atoms with van der Waals surface area (Å²) in [5.41, 5.74) is 1.98. The molecule has 3 rings (SSSR count). The van der Waals surface area contributed by atoms with Crippen LogP contribution < -0.4 is 10.5 Å². The van der Waals surface area contributed by atoms with Gasteiger partial charge in [-0.3, -0.25) is 0 Å². The van der Waals surface area contributed by atoms with Crippen molar-refractivity contribution in [3.63, 3.8) is 0 Å². The summed E-state index contributed by atoms with van der Waals surface area (Å²) in [6, 6.07) is 10.8. The summed E-state index contributed by atoms with van der Waals surface area (Å²) in [6.07, 6.45) is 1.87. The summed E-state index contributed by atoms with van der Waals surface area (Å²) < 4.78 is 27.4. The molecule has 2 heterocycles. The molecule has 0 bridgehead atoms. The predicted molar refractivity (Wildman–Crippen MR) is 75.7 cm³/mol. The largest absolute Gasteiger partial charge is 0.446 e. The van der Waals surface area contributed by atoms with E-state index in [-0.39, 0.29) is 5.09 Å². The van der Waals surface area contributed by atoms with Gasteiger partial charge in [0, 0.05) is 22.8 Å². The van der Waals surface area contributed by atoms with E-state index in [1.165, 1.54) is 6.07 Å². The summed E-state index contributed by atoms with van der Waals surface area (Å²) in [7, 11) is -3.78. The lowest BCUT2D eigenvalue weighted by Gasteiger charge is -2.04. The second kappa shape index (κ2) is 4.69. The number of nitrogens with two attached hydrogens (primary N) is 1. The first-order valence-corrected chi connectivity index (χ1v) is 7.49. The first-order valence-electron chi connectivity index (χ1n) is 5.95. The second-order valence-corrected chi connectivity index (χ2v) is 5.89. The molecule has 0 saturated heterocycles. The molecule has 1 aromatic carbocycles. The minimum Gasteiger partial charge on any atom is -0.446 e. The van der Waals surface area contributed by atoms with Crippen LogP contribution in [0.5, 0.6) is 0 Å². The average molecular weight is 291 g/mol. The van der Waals surface area contributed by atoms with Crippen LogP contribution in [0.4, 0.5) is 5.69 Å². The minimum atomic E-state index is -3.78. The predicted octanol–water partition coefficient (Wildman–Crippen LogP) is 2.02. The van der Waals surface area contributed by atoms with Crippen molar-refractivity contribution in [2.24, 2.45) is 5.14 Å². The van der Waals surface area contributed by atoms with E-state index in [9.17, 15) is 8.42 Å². The summed E-state index contributed by atoms with van der Waals surface area (Å²) in [5.74, 6) is 0.503. The van der Waals surface area contributed by atoms with Gasteiger partial charge in [-0.1, -0.05) is 0 Å². The molecule has 0 unspecified atom stereocenters. The average Bonchev–Trinajstić information content (AvgIpc) is 3.04. The highest BCUT2D eigenvalue weighted by atomic mass is 32.2. The molecule has 2 aromatic heterocycles.